The van der Waals surface area contributed by atoms with Gasteiger partial charge in [-0.1, -0.05) is 30.3 Å². The van der Waals surface area contributed by atoms with E-state index in [-0.39, 0.29) is 6.10 Å². The molecule has 0 spiro atoms. The topological polar surface area (TPSA) is 64.3 Å². The van der Waals surface area contributed by atoms with E-state index >= 15 is 0 Å². The van der Waals surface area contributed by atoms with Gasteiger partial charge in [0.2, 0.25) is 5.95 Å². The highest BCUT2D eigenvalue weighted by molar-refractivity contribution is 7.18. The molecule has 0 radical (unpaired) electrons. The molecule has 4 aromatic rings. The van der Waals surface area contributed by atoms with E-state index < -0.39 is 0 Å². The Morgan fingerprint density at radius 3 is 2.85 bits per heavy atom. The summed E-state index contributed by atoms with van der Waals surface area (Å²) in [6.45, 7) is 5.84. The Labute approximate surface area is 161 Å². The lowest BCUT2D eigenvalue weighted by molar-refractivity contribution is 0.120. The summed E-state index contributed by atoms with van der Waals surface area (Å²) in [6.07, 6.45) is 2.45. The van der Waals surface area contributed by atoms with Crippen LogP contribution >= 0.6 is 11.3 Å². The molecule has 1 aromatic carbocycles. The van der Waals surface area contributed by atoms with Gasteiger partial charge >= 0.3 is 0 Å². The number of benzene rings is 1. The highest BCUT2D eigenvalue weighted by Gasteiger charge is 2.20. The minimum atomic E-state index is 0.237. The molecule has 1 aliphatic rings. The van der Waals surface area contributed by atoms with E-state index in [1.165, 1.54) is 10.4 Å². The van der Waals surface area contributed by atoms with E-state index in [0.29, 0.717) is 5.82 Å². The van der Waals surface area contributed by atoms with E-state index in [0.717, 1.165) is 53.4 Å². The molecular formula is C20H21N5OS. The standard InChI is InChI=1S/C20H21N5OS/c1-12-13(2)27-19-16(12)18-22-17(14-7-4-3-5-8-14)24-25(18)20(23-19)21-11-15-9-6-10-26-15/h3-5,7-8,15H,6,9-11H2,1-2H3,(H,21,23). The van der Waals surface area contributed by atoms with Crippen molar-refractivity contribution in [2.45, 2.75) is 32.8 Å². The number of hydrogen-bond acceptors (Lipinski definition) is 6. The number of thiophene rings is 1. The zero-order valence-electron chi connectivity index (χ0n) is 15.4. The molecule has 6 nitrogen and oxygen atoms in total. The van der Waals surface area contributed by atoms with Crippen LogP contribution in [0.5, 0.6) is 0 Å². The quantitative estimate of drug-likeness (QED) is 0.575. The van der Waals surface area contributed by atoms with Gasteiger partial charge in [-0.3, -0.25) is 0 Å². The van der Waals surface area contributed by atoms with Crippen LogP contribution in [-0.2, 0) is 4.74 Å². The summed E-state index contributed by atoms with van der Waals surface area (Å²) in [4.78, 5) is 12.0. The lowest BCUT2D eigenvalue weighted by atomic mass is 10.2. The number of anilines is 1. The van der Waals surface area contributed by atoms with Crippen molar-refractivity contribution in [3.63, 3.8) is 0 Å². The van der Waals surface area contributed by atoms with Gasteiger partial charge in [-0.2, -0.15) is 4.52 Å². The summed E-state index contributed by atoms with van der Waals surface area (Å²) in [5.74, 6) is 1.44. The summed E-state index contributed by atoms with van der Waals surface area (Å²) >= 11 is 1.71. The van der Waals surface area contributed by atoms with Crippen LogP contribution in [0.3, 0.4) is 0 Å². The fourth-order valence-corrected chi connectivity index (χ4v) is 4.57. The fourth-order valence-electron chi connectivity index (χ4n) is 3.55. The molecular weight excluding hydrogens is 358 g/mol. The van der Waals surface area contributed by atoms with Gasteiger partial charge in [-0.05, 0) is 32.3 Å². The summed E-state index contributed by atoms with van der Waals surface area (Å²) in [6, 6.07) is 10.1. The van der Waals surface area contributed by atoms with Gasteiger partial charge in [-0.15, -0.1) is 16.4 Å². The first-order valence-corrected chi connectivity index (χ1v) is 10.1. The van der Waals surface area contributed by atoms with Crippen molar-refractivity contribution in [3.8, 4) is 11.4 Å². The molecule has 1 unspecified atom stereocenters. The Balaban J connectivity index is 1.66. The lowest BCUT2D eigenvalue weighted by Gasteiger charge is -2.12. The van der Waals surface area contributed by atoms with Gasteiger partial charge in [-0.25, -0.2) is 9.97 Å². The second kappa shape index (κ2) is 6.58. The molecule has 4 heterocycles. The van der Waals surface area contributed by atoms with E-state index in [1.54, 1.807) is 11.3 Å². The molecule has 1 saturated heterocycles. The third-order valence-electron chi connectivity index (χ3n) is 5.15. The van der Waals surface area contributed by atoms with Gasteiger partial charge in [0.1, 0.15) is 4.83 Å². The maximum atomic E-state index is 5.74. The minimum absolute atomic E-state index is 0.237. The highest BCUT2D eigenvalue weighted by atomic mass is 32.1. The Kier molecular flexibility index (Phi) is 4.06. The first-order chi connectivity index (χ1) is 13.2. The maximum Gasteiger partial charge on any atom is 0.227 e. The molecule has 3 aromatic heterocycles. The fraction of sp³-hybridized carbons (Fsp3) is 0.350. The van der Waals surface area contributed by atoms with Crippen LogP contribution in [0.1, 0.15) is 23.3 Å². The minimum Gasteiger partial charge on any atom is -0.376 e. The Hall–Kier alpha value is -2.51. The molecule has 5 rings (SSSR count). The molecule has 27 heavy (non-hydrogen) atoms. The zero-order valence-corrected chi connectivity index (χ0v) is 16.2. The molecule has 0 amide bonds. The Morgan fingerprint density at radius 1 is 1.22 bits per heavy atom. The lowest BCUT2D eigenvalue weighted by Crippen LogP contribution is -2.20. The van der Waals surface area contributed by atoms with Gasteiger partial charge in [0.15, 0.2) is 11.5 Å². The number of fused-ring (bicyclic) bond motifs is 3. The SMILES string of the molecule is Cc1sc2nc(NCC3CCCO3)n3nc(-c4ccccc4)nc3c2c1C. The van der Waals surface area contributed by atoms with Gasteiger partial charge < -0.3 is 10.1 Å². The summed E-state index contributed by atoms with van der Waals surface area (Å²) in [5.41, 5.74) is 3.09. The van der Waals surface area contributed by atoms with Crippen molar-refractivity contribution in [1.29, 1.82) is 0 Å². The smallest absolute Gasteiger partial charge is 0.227 e. The van der Waals surface area contributed by atoms with Crippen LogP contribution in [0.25, 0.3) is 27.3 Å². The predicted molar refractivity (Wildman–Crippen MR) is 109 cm³/mol. The molecule has 7 heteroatoms. The molecule has 0 aliphatic carbocycles. The number of aromatic nitrogens is 4. The number of hydrogen-bond donors (Lipinski definition) is 1. The number of nitrogens with one attached hydrogen (secondary N) is 1. The van der Waals surface area contributed by atoms with Crippen LogP contribution < -0.4 is 5.32 Å². The molecule has 138 valence electrons. The van der Waals surface area contributed by atoms with Crippen LogP contribution in [0, 0.1) is 13.8 Å². The Morgan fingerprint density at radius 2 is 2.07 bits per heavy atom. The molecule has 1 aliphatic heterocycles. The van der Waals surface area contributed by atoms with Gasteiger partial charge in [0.25, 0.3) is 0 Å². The van der Waals surface area contributed by atoms with Gasteiger partial charge in [0, 0.05) is 23.6 Å². The van der Waals surface area contributed by atoms with E-state index in [4.69, 9.17) is 19.8 Å². The largest absolute Gasteiger partial charge is 0.376 e. The van der Waals surface area contributed by atoms with Crippen molar-refractivity contribution in [2.75, 3.05) is 18.5 Å². The molecule has 0 saturated carbocycles. The van der Waals surface area contributed by atoms with Crippen LogP contribution in [-0.4, -0.2) is 38.8 Å². The summed E-state index contributed by atoms with van der Waals surface area (Å²) in [5, 5.41) is 9.31. The first kappa shape index (κ1) is 16.6. The van der Waals surface area contributed by atoms with E-state index in [2.05, 4.69) is 19.2 Å². The van der Waals surface area contributed by atoms with Crippen molar-refractivity contribution < 1.29 is 4.74 Å². The first-order valence-electron chi connectivity index (χ1n) is 9.28. The van der Waals surface area contributed by atoms with Gasteiger partial charge in [0.05, 0.1) is 11.5 Å². The average Bonchev–Trinajstić information content (AvgIpc) is 3.41. The normalized spacial score (nSPS) is 17.2. The van der Waals surface area contributed by atoms with Crippen molar-refractivity contribution in [2.24, 2.45) is 0 Å². The van der Waals surface area contributed by atoms with Crippen molar-refractivity contribution >= 4 is 33.1 Å². The molecule has 1 atom stereocenters. The molecule has 1 fully saturated rings. The average molecular weight is 379 g/mol. The number of aryl methyl sites for hydroxylation is 2. The maximum absolute atomic E-state index is 5.74. The van der Waals surface area contributed by atoms with E-state index in [9.17, 15) is 0 Å². The third-order valence-corrected chi connectivity index (χ3v) is 6.25. The van der Waals surface area contributed by atoms with Crippen LogP contribution in [0.4, 0.5) is 5.95 Å². The van der Waals surface area contributed by atoms with Crippen molar-refractivity contribution in [1.82, 2.24) is 19.6 Å². The summed E-state index contributed by atoms with van der Waals surface area (Å²) < 4.78 is 7.59. The Bertz CT molecular complexity index is 1110. The second-order valence-corrected chi connectivity index (χ2v) is 8.15. The predicted octanol–water partition coefficient (Wildman–Crippen LogP) is 4.21. The van der Waals surface area contributed by atoms with Crippen LogP contribution in [0.2, 0.25) is 0 Å². The highest BCUT2D eigenvalue weighted by Crippen LogP contribution is 2.33. The monoisotopic (exact) mass is 379 g/mol. The molecule has 0 bridgehead atoms. The molecule has 1 N–H and O–H groups in total. The number of ether oxygens (including phenoxy) is 1. The number of rotatable bonds is 4. The zero-order chi connectivity index (χ0) is 18.4. The summed E-state index contributed by atoms with van der Waals surface area (Å²) in [7, 11) is 0. The second-order valence-electron chi connectivity index (χ2n) is 6.95. The van der Waals surface area contributed by atoms with E-state index in [1.807, 2.05) is 34.8 Å². The van der Waals surface area contributed by atoms with Crippen LogP contribution in [0.15, 0.2) is 30.3 Å². The van der Waals surface area contributed by atoms with Crippen molar-refractivity contribution in [3.05, 3.63) is 40.8 Å². The number of nitrogens with zero attached hydrogens (tertiary/aromatic N) is 4. The third kappa shape index (κ3) is 2.87.